The van der Waals surface area contributed by atoms with Crippen LogP contribution in [0.2, 0.25) is 5.02 Å². The summed E-state index contributed by atoms with van der Waals surface area (Å²) in [6.45, 7) is 1.38. The lowest BCUT2D eigenvalue weighted by molar-refractivity contribution is -0.114. The molecule has 3 aromatic carbocycles. The Morgan fingerprint density at radius 1 is 0.909 bits per heavy atom. The molecule has 0 heterocycles. The van der Waals surface area contributed by atoms with Crippen molar-refractivity contribution in [2.24, 2.45) is 0 Å². The minimum Gasteiger partial charge on any atom is -0.325 e. The Morgan fingerprint density at radius 2 is 1.58 bits per heavy atom. The van der Waals surface area contributed by atoms with E-state index >= 15 is 0 Å². The maximum atomic E-state index is 12.6. The summed E-state index contributed by atoms with van der Waals surface area (Å²) in [7, 11) is -7.57. The zero-order valence-corrected chi connectivity index (χ0v) is 20.2. The highest BCUT2D eigenvalue weighted by Crippen LogP contribution is 2.22. The maximum absolute atomic E-state index is 12.6. The number of hydrogen-bond acceptors (Lipinski definition) is 5. The summed E-state index contributed by atoms with van der Waals surface area (Å²) in [5.41, 5.74) is 1.92. The monoisotopic (exact) mass is 507 g/mol. The van der Waals surface area contributed by atoms with Crippen LogP contribution in [0.15, 0.2) is 77.7 Å². The second-order valence-corrected chi connectivity index (χ2v) is 11.3. The van der Waals surface area contributed by atoms with Crippen LogP contribution in [0.1, 0.15) is 5.56 Å². The molecule has 0 aliphatic rings. The van der Waals surface area contributed by atoms with Gasteiger partial charge in [-0.15, -0.1) is 0 Å². The van der Waals surface area contributed by atoms with Crippen LogP contribution < -0.4 is 14.3 Å². The molecule has 0 aliphatic carbocycles. The SMILES string of the molecule is Cc1cccc(NS(=O)(=O)c2ccc(NC(=O)CN(c3cccc(Cl)c3)S(C)(=O)=O)cc2)c1. The molecule has 0 radical (unpaired) electrons. The third-order valence-corrected chi connectivity index (χ3v) is 7.28. The predicted octanol–water partition coefficient (Wildman–Crippen LogP) is 3.85. The van der Waals surface area contributed by atoms with Crippen molar-refractivity contribution >= 4 is 54.6 Å². The highest BCUT2D eigenvalue weighted by Gasteiger charge is 2.21. The van der Waals surface area contributed by atoms with E-state index in [-0.39, 0.29) is 10.6 Å². The van der Waals surface area contributed by atoms with Crippen molar-refractivity contribution in [3.8, 4) is 0 Å². The molecule has 0 aromatic heterocycles. The number of sulfonamides is 2. The molecular formula is C22H22ClN3O5S2. The summed E-state index contributed by atoms with van der Waals surface area (Å²) in [5.74, 6) is -0.603. The van der Waals surface area contributed by atoms with Crippen LogP contribution in [-0.4, -0.2) is 35.5 Å². The Bertz CT molecular complexity index is 1380. The summed E-state index contributed by atoms with van der Waals surface area (Å²) in [6.07, 6.45) is 0.988. The number of carbonyl (C=O) groups excluding carboxylic acids is 1. The van der Waals surface area contributed by atoms with Crippen molar-refractivity contribution in [1.29, 1.82) is 0 Å². The van der Waals surface area contributed by atoms with Crippen molar-refractivity contribution < 1.29 is 21.6 Å². The molecule has 1 amide bonds. The minimum absolute atomic E-state index is 0.0127. The topological polar surface area (TPSA) is 113 Å². The van der Waals surface area contributed by atoms with Gasteiger partial charge >= 0.3 is 0 Å². The molecular weight excluding hydrogens is 486 g/mol. The molecule has 0 saturated heterocycles. The van der Waals surface area contributed by atoms with E-state index in [1.807, 2.05) is 13.0 Å². The Morgan fingerprint density at radius 3 is 2.18 bits per heavy atom. The van der Waals surface area contributed by atoms with Crippen LogP contribution in [0.4, 0.5) is 17.1 Å². The van der Waals surface area contributed by atoms with Gasteiger partial charge < -0.3 is 5.32 Å². The first-order chi connectivity index (χ1) is 15.4. The van der Waals surface area contributed by atoms with Crippen LogP contribution >= 0.6 is 11.6 Å². The molecule has 0 bridgehead atoms. The molecule has 3 rings (SSSR count). The van der Waals surface area contributed by atoms with E-state index in [9.17, 15) is 21.6 Å². The molecule has 174 valence electrons. The second-order valence-electron chi connectivity index (χ2n) is 7.30. The van der Waals surface area contributed by atoms with Gasteiger partial charge in [0, 0.05) is 16.4 Å². The first-order valence-electron chi connectivity index (χ1n) is 9.67. The van der Waals surface area contributed by atoms with Crippen LogP contribution in [0.25, 0.3) is 0 Å². The predicted molar refractivity (Wildman–Crippen MR) is 131 cm³/mol. The number of halogens is 1. The number of anilines is 3. The molecule has 0 saturated carbocycles. The smallest absolute Gasteiger partial charge is 0.261 e. The number of nitrogens with zero attached hydrogens (tertiary/aromatic N) is 1. The zero-order chi connectivity index (χ0) is 24.2. The quantitative estimate of drug-likeness (QED) is 0.481. The molecule has 0 fully saturated rings. The third-order valence-electron chi connectivity index (χ3n) is 4.50. The van der Waals surface area contributed by atoms with E-state index in [0.717, 1.165) is 16.1 Å². The van der Waals surface area contributed by atoms with Gasteiger partial charge in [0.15, 0.2) is 0 Å². The van der Waals surface area contributed by atoms with Gasteiger partial charge in [-0.05, 0) is 67.1 Å². The molecule has 2 N–H and O–H groups in total. The van der Waals surface area contributed by atoms with Gasteiger partial charge in [-0.2, -0.15) is 0 Å². The van der Waals surface area contributed by atoms with Crippen molar-refractivity contribution in [2.75, 3.05) is 27.1 Å². The van der Waals surface area contributed by atoms with E-state index in [2.05, 4.69) is 10.0 Å². The van der Waals surface area contributed by atoms with Gasteiger partial charge in [0.1, 0.15) is 6.54 Å². The lowest BCUT2D eigenvalue weighted by Gasteiger charge is -2.22. The molecule has 0 spiro atoms. The third kappa shape index (κ3) is 6.70. The van der Waals surface area contributed by atoms with Crippen molar-refractivity contribution in [3.05, 3.63) is 83.4 Å². The van der Waals surface area contributed by atoms with Crippen molar-refractivity contribution in [1.82, 2.24) is 0 Å². The molecule has 8 nitrogen and oxygen atoms in total. The number of benzene rings is 3. The highest BCUT2D eigenvalue weighted by atomic mass is 35.5. The molecule has 0 aliphatic heterocycles. The zero-order valence-electron chi connectivity index (χ0n) is 17.8. The van der Waals surface area contributed by atoms with Gasteiger partial charge in [0.25, 0.3) is 10.0 Å². The fourth-order valence-corrected chi connectivity index (χ4v) is 5.08. The lowest BCUT2D eigenvalue weighted by atomic mass is 10.2. The Balaban J connectivity index is 1.71. The molecule has 11 heteroatoms. The first kappa shape index (κ1) is 24.6. The van der Waals surface area contributed by atoms with E-state index < -0.39 is 32.5 Å². The summed E-state index contributed by atoms with van der Waals surface area (Å²) >= 11 is 5.94. The number of aryl methyl sites for hydroxylation is 1. The average molecular weight is 508 g/mol. The number of hydrogen-bond donors (Lipinski definition) is 2. The van der Waals surface area contributed by atoms with Gasteiger partial charge in [-0.3, -0.25) is 13.8 Å². The largest absolute Gasteiger partial charge is 0.325 e. The molecule has 33 heavy (non-hydrogen) atoms. The summed E-state index contributed by atoms with van der Waals surface area (Å²) < 4.78 is 53.0. The Hall–Kier alpha value is -3.08. The highest BCUT2D eigenvalue weighted by molar-refractivity contribution is 7.92. The number of carbonyl (C=O) groups is 1. The Labute approximate surface area is 198 Å². The van der Waals surface area contributed by atoms with E-state index in [0.29, 0.717) is 16.4 Å². The summed E-state index contributed by atoms with van der Waals surface area (Å²) in [6, 6.07) is 18.6. The van der Waals surface area contributed by atoms with E-state index in [1.54, 1.807) is 30.3 Å². The van der Waals surface area contributed by atoms with Gasteiger partial charge in [0.05, 0.1) is 16.8 Å². The lowest BCUT2D eigenvalue weighted by Crippen LogP contribution is -2.37. The van der Waals surface area contributed by atoms with Crippen molar-refractivity contribution in [3.63, 3.8) is 0 Å². The Kier molecular flexibility index (Phi) is 7.31. The second kappa shape index (κ2) is 9.82. The standard InChI is InChI=1S/C22H22ClN3O5S2/c1-16-5-3-7-19(13-16)25-33(30,31)21-11-9-18(10-12-21)24-22(27)15-26(32(2,28)29)20-8-4-6-17(23)14-20/h3-14,25H,15H2,1-2H3,(H,24,27). The molecule has 0 unspecified atom stereocenters. The number of rotatable bonds is 8. The van der Waals surface area contributed by atoms with E-state index in [4.69, 9.17) is 11.6 Å². The van der Waals surface area contributed by atoms with Gasteiger partial charge in [-0.25, -0.2) is 16.8 Å². The number of amides is 1. The normalized spacial score (nSPS) is 11.6. The fourth-order valence-electron chi connectivity index (χ4n) is 3.00. The first-order valence-corrected chi connectivity index (χ1v) is 13.4. The van der Waals surface area contributed by atoms with Crippen LogP contribution in [0.5, 0.6) is 0 Å². The van der Waals surface area contributed by atoms with Gasteiger partial charge in [-0.1, -0.05) is 29.8 Å². The fraction of sp³-hybridized carbons (Fsp3) is 0.136. The molecule has 0 atom stereocenters. The van der Waals surface area contributed by atoms with Crippen molar-refractivity contribution in [2.45, 2.75) is 11.8 Å². The summed E-state index contributed by atoms with van der Waals surface area (Å²) in [5, 5.41) is 2.90. The van der Waals surface area contributed by atoms with Crippen LogP contribution in [0.3, 0.4) is 0 Å². The van der Waals surface area contributed by atoms with E-state index in [1.165, 1.54) is 36.4 Å². The summed E-state index contributed by atoms with van der Waals surface area (Å²) in [4.78, 5) is 12.5. The minimum atomic E-state index is -3.82. The average Bonchev–Trinajstić information content (AvgIpc) is 2.71. The van der Waals surface area contributed by atoms with Crippen LogP contribution in [0, 0.1) is 6.92 Å². The van der Waals surface area contributed by atoms with Crippen LogP contribution in [-0.2, 0) is 24.8 Å². The number of nitrogens with one attached hydrogen (secondary N) is 2. The van der Waals surface area contributed by atoms with Gasteiger partial charge in [0.2, 0.25) is 15.9 Å². The molecule has 3 aromatic rings. The maximum Gasteiger partial charge on any atom is 0.261 e.